The van der Waals surface area contributed by atoms with Crippen molar-refractivity contribution in [3.63, 3.8) is 0 Å². The summed E-state index contributed by atoms with van der Waals surface area (Å²) in [5, 5.41) is 0. The number of Topliss-reactive ketones (excluding diaryl/α,β-unsaturated/α-hetero) is 1. The lowest BCUT2D eigenvalue weighted by Gasteiger charge is -2.61. The highest BCUT2D eigenvalue weighted by Crippen LogP contribution is 2.87. The minimum absolute atomic E-state index is 0.0694. The van der Waals surface area contributed by atoms with Gasteiger partial charge in [0.25, 0.3) is 0 Å². The zero-order chi connectivity index (χ0) is 29.6. The standard InChI is InChI=1S/C34H48O6/c1-18(2)19(3)29(38)30(40-23(7)36)21(5)28-26(39-22(6)35)16-32(9)27-11-10-24-20(4)25(37)12-13-33(24)17-34(27,33)15-14-31(28,32)8/h12-13,18,20-21,24,26-28,30H,3,10-11,14-17H2,1-2,4-9H3/t20-,21-,24-,26-,27-,28-,30+,31+,32-,33+,34-/m0/s1. The second-order valence-electron chi connectivity index (χ2n) is 14.8. The van der Waals surface area contributed by atoms with E-state index in [2.05, 4.69) is 33.4 Å². The monoisotopic (exact) mass is 552 g/mol. The summed E-state index contributed by atoms with van der Waals surface area (Å²) in [7, 11) is 0. The molecule has 4 saturated carbocycles. The van der Waals surface area contributed by atoms with Crippen molar-refractivity contribution in [1.82, 2.24) is 0 Å². The molecule has 0 aliphatic heterocycles. The molecule has 2 spiro atoms. The van der Waals surface area contributed by atoms with E-state index in [4.69, 9.17) is 9.47 Å². The molecular formula is C34H48O6. The summed E-state index contributed by atoms with van der Waals surface area (Å²) in [6.07, 6.45) is 8.76. The van der Waals surface area contributed by atoms with Crippen molar-refractivity contribution in [3.05, 3.63) is 24.3 Å². The number of esters is 2. The summed E-state index contributed by atoms with van der Waals surface area (Å²) in [5.74, 6) is -0.458. The van der Waals surface area contributed by atoms with E-state index < -0.39 is 12.1 Å². The second-order valence-corrected chi connectivity index (χ2v) is 14.8. The van der Waals surface area contributed by atoms with Crippen LogP contribution in [0.5, 0.6) is 0 Å². The van der Waals surface area contributed by atoms with E-state index in [9.17, 15) is 19.2 Å². The van der Waals surface area contributed by atoms with Crippen LogP contribution >= 0.6 is 0 Å². The number of fused-ring (bicyclic) bond motifs is 2. The number of rotatable bonds is 7. The molecule has 6 nitrogen and oxygen atoms in total. The molecule has 0 aromatic rings. The zero-order valence-corrected chi connectivity index (χ0v) is 25.7. The summed E-state index contributed by atoms with van der Waals surface area (Å²) < 4.78 is 11.9. The number of allylic oxidation sites excluding steroid dienone is 2. The molecule has 11 atom stereocenters. The Morgan fingerprint density at radius 3 is 2.30 bits per heavy atom. The van der Waals surface area contributed by atoms with Crippen LogP contribution in [0.3, 0.4) is 0 Å². The molecule has 0 unspecified atom stereocenters. The first-order valence-corrected chi connectivity index (χ1v) is 15.4. The number of carbonyl (C=O) groups is 4. The second kappa shape index (κ2) is 9.39. The van der Waals surface area contributed by atoms with Gasteiger partial charge in [-0.1, -0.05) is 54.2 Å². The molecule has 0 aromatic heterocycles. The van der Waals surface area contributed by atoms with Gasteiger partial charge in [0.2, 0.25) is 0 Å². The summed E-state index contributed by atoms with van der Waals surface area (Å²) in [4.78, 5) is 51.0. The van der Waals surface area contributed by atoms with Gasteiger partial charge in [-0.05, 0) is 89.6 Å². The molecule has 0 N–H and O–H groups in total. The van der Waals surface area contributed by atoms with Crippen LogP contribution < -0.4 is 0 Å². The highest BCUT2D eigenvalue weighted by Gasteiger charge is 2.81. The first-order valence-electron chi connectivity index (χ1n) is 15.4. The van der Waals surface area contributed by atoms with Crippen molar-refractivity contribution >= 4 is 23.5 Å². The van der Waals surface area contributed by atoms with Gasteiger partial charge in [0.05, 0.1) is 0 Å². The molecule has 0 bridgehead atoms. The van der Waals surface area contributed by atoms with Crippen LogP contribution in [-0.2, 0) is 28.7 Å². The van der Waals surface area contributed by atoms with Crippen molar-refractivity contribution in [2.45, 2.75) is 106 Å². The number of hydrogen-bond donors (Lipinski definition) is 0. The number of ether oxygens (including phenoxy) is 2. The van der Waals surface area contributed by atoms with E-state index in [1.54, 1.807) is 0 Å². The minimum atomic E-state index is -0.971. The van der Waals surface area contributed by atoms with Gasteiger partial charge in [0, 0.05) is 31.6 Å². The molecule has 6 heteroatoms. The largest absolute Gasteiger partial charge is 0.462 e. The average Bonchev–Trinajstić information content (AvgIpc) is 3.47. The predicted octanol–water partition coefficient (Wildman–Crippen LogP) is 6.27. The molecule has 0 heterocycles. The van der Waals surface area contributed by atoms with E-state index >= 15 is 0 Å². The summed E-state index contributed by atoms with van der Waals surface area (Å²) in [6.45, 7) is 19.5. The van der Waals surface area contributed by atoms with Gasteiger partial charge in [-0.3, -0.25) is 19.2 Å². The molecule has 4 fully saturated rings. The maximum absolute atomic E-state index is 13.7. The quantitative estimate of drug-likeness (QED) is 0.273. The van der Waals surface area contributed by atoms with Gasteiger partial charge in [-0.25, -0.2) is 0 Å². The van der Waals surface area contributed by atoms with Gasteiger partial charge in [0.15, 0.2) is 17.7 Å². The van der Waals surface area contributed by atoms with Gasteiger partial charge < -0.3 is 9.47 Å². The molecule has 5 rings (SSSR count). The van der Waals surface area contributed by atoms with Gasteiger partial charge in [0.1, 0.15) is 6.10 Å². The Kier molecular flexibility index (Phi) is 6.87. The maximum atomic E-state index is 13.7. The average molecular weight is 553 g/mol. The van der Waals surface area contributed by atoms with E-state index in [0.717, 1.165) is 38.5 Å². The van der Waals surface area contributed by atoms with Crippen LogP contribution in [-0.4, -0.2) is 35.7 Å². The Hall–Kier alpha value is -2.24. The van der Waals surface area contributed by atoms with Gasteiger partial charge in [-0.2, -0.15) is 0 Å². The van der Waals surface area contributed by atoms with Gasteiger partial charge in [-0.15, -0.1) is 0 Å². The Labute approximate surface area is 239 Å². The fourth-order valence-corrected chi connectivity index (χ4v) is 10.9. The van der Waals surface area contributed by atoms with Crippen molar-refractivity contribution < 1.29 is 28.7 Å². The molecule has 5 aliphatic carbocycles. The normalized spacial score (nSPS) is 44.4. The summed E-state index contributed by atoms with van der Waals surface area (Å²) in [6, 6.07) is 0. The number of carbonyl (C=O) groups excluding carboxylic acids is 4. The van der Waals surface area contributed by atoms with E-state index in [0.29, 0.717) is 17.4 Å². The van der Waals surface area contributed by atoms with Crippen molar-refractivity contribution in [2.75, 3.05) is 0 Å². The van der Waals surface area contributed by atoms with Crippen LogP contribution in [0.1, 0.15) is 93.9 Å². The third kappa shape index (κ3) is 3.79. The molecule has 220 valence electrons. The molecule has 5 aliphatic rings. The third-order valence-corrected chi connectivity index (χ3v) is 13.0. The van der Waals surface area contributed by atoms with E-state index in [1.807, 2.05) is 26.8 Å². The Bertz CT molecular complexity index is 1180. The topological polar surface area (TPSA) is 86.7 Å². The zero-order valence-electron chi connectivity index (χ0n) is 25.7. The van der Waals surface area contributed by atoms with Gasteiger partial charge >= 0.3 is 11.9 Å². The fourth-order valence-electron chi connectivity index (χ4n) is 10.9. The fraction of sp³-hybridized carbons (Fsp3) is 0.765. The molecule has 0 saturated heterocycles. The van der Waals surface area contributed by atoms with E-state index in [-0.39, 0.29) is 69.0 Å². The van der Waals surface area contributed by atoms with Crippen molar-refractivity contribution in [1.29, 1.82) is 0 Å². The Morgan fingerprint density at radius 1 is 1.02 bits per heavy atom. The Morgan fingerprint density at radius 2 is 1.70 bits per heavy atom. The van der Waals surface area contributed by atoms with Crippen LogP contribution in [0.4, 0.5) is 0 Å². The smallest absolute Gasteiger partial charge is 0.303 e. The van der Waals surface area contributed by atoms with Crippen LogP contribution in [0.25, 0.3) is 0 Å². The molecule has 0 aromatic carbocycles. The van der Waals surface area contributed by atoms with Crippen molar-refractivity contribution in [3.8, 4) is 0 Å². The minimum Gasteiger partial charge on any atom is -0.462 e. The van der Waals surface area contributed by atoms with Crippen molar-refractivity contribution in [2.24, 2.45) is 57.2 Å². The molecule has 0 radical (unpaired) electrons. The third-order valence-electron chi connectivity index (χ3n) is 13.0. The highest BCUT2D eigenvalue weighted by molar-refractivity contribution is 5.99. The van der Waals surface area contributed by atoms with E-state index in [1.165, 1.54) is 13.8 Å². The highest BCUT2D eigenvalue weighted by atomic mass is 16.6. The van der Waals surface area contributed by atoms with Crippen LogP contribution in [0.15, 0.2) is 24.3 Å². The maximum Gasteiger partial charge on any atom is 0.303 e. The van der Waals surface area contributed by atoms with Crippen LogP contribution in [0.2, 0.25) is 0 Å². The predicted molar refractivity (Wildman–Crippen MR) is 152 cm³/mol. The molecular weight excluding hydrogens is 504 g/mol. The number of ketones is 2. The first kappa shape index (κ1) is 29.3. The first-order chi connectivity index (χ1) is 18.6. The SMILES string of the molecule is C=C(C(=O)[C@H](OC(C)=O)[C@@H](C)[C@H]1[C@@H](OC(C)=O)C[C@@]2(C)[C@@H]3CC[C@H]4[C@H](C)C(=O)C=C[C@@]45C[C@@]35CC[C@]12C)C(C)C. The molecule has 40 heavy (non-hydrogen) atoms. The molecule has 0 amide bonds. The summed E-state index contributed by atoms with van der Waals surface area (Å²) in [5.41, 5.74) is 0.361. The lowest BCUT2D eigenvalue weighted by atomic mass is 9.43. The lowest BCUT2D eigenvalue weighted by Crippen LogP contribution is -2.56. The summed E-state index contributed by atoms with van der Waals surface area (Å²) >= 11 is 0. The van der Waals surface area contributed by atoms with Crippen LogP contribution in [0, 0.1) is 57.2 Å². The lowest BCUT2D eigenvalue weighted by molar-refractivity contribution is -0.166. The Balaban J connectivity index is 1.55. The number of hydrogen-bond acceptors (Lipinski definition) is 6.